The molecule has 1 aliphatic carbocycles. The van der Waals surface area contributed by atoms with E-state index in [1.165, 1.54) is 77.0 Å². The Kier molecular flexibility index (Phi) is 9.30. The number of hydrogen-bond donors (Lipinski definition) is 0. The Bertz CT molecular complexity index is 166. The van der Waals surface area contributed by atoms with E-state index in [0.717, 1.165) is 0 Å². The van der Waals surface area contributed by atoms with Crippen molar-refractivity contribution in [3.8, 4) is 0 Å². The van der Waals surface area contributed by atoms with E-state index in [1.54, 1.807) is 0 Å². The van der Waals surface area contributed by atoms with Crippen molar-refractivity contribution >= 4 is 0 Å². The number of allylic oxidation sites excluding steroid dienone is 4. The van der Waals surface area contributed by atoms with Crippen molar-refractivity contribution in [2.24, 2.45) is 0 Å². The van der Waals surface area contributed by atoms with Gasteiger partial charge in [-0.2, -0.15) is 0 Å². The fraction of sp³-hybridized carbons (Fsp3) is 0.750. The minimum absolute atomic E-state index is 1.29. The highest BCUT2D eigenvalue weighted by Crippen LogP contribution is 2.11. The van der Waals surface area contributed by atoms with Crippen LogP contribution in [0, 0.1) is 0 Å². The molecule has 0 fully saturated rings. The molecule has 0 heterocycles. The summed E-state index contributed by atoms with van der Waals surface area (Å²) in [7, 11) is 0. The summed E-state index contributed by atoms with van der Waals surface area (Å²) < 4.78 is 0. The molecule has 0 spiro atoms. The Hall–Kier alpha value is -0.520. The summed E-state index contributed by atoms with van der Waals surface area (Å²) in [4.78, 5) is 0. The zero-order valence-corrected chi connectivity index (χ0v) is 10.8. The predicted octanol–water partition coefficient (Wildman–Crippen LogP) is 5.79. The largest absolute Gasteiger partial charge is 0.0885 e. The molecule has 0 atom stereocenters. The van der Waals surface area contributed by atoms with Gasteiger partial charge < -0.3 is 0 Å². The summed E-state index contributed by atoms with van der Waals surface area (Å²) in [5, 5.41) is 0. The van der Waals surface area contributed by atoms with Gasteiger partial charge in [-0.05, 0) is 51.4 Å². The third-order valence-corrected chi connectivity index (χ3v) is 3.32. The van der Waals surface area contributed by atoms with Crippen LogP contribution in [0.4, 0.5) is 0 Å². The van der Waals surface area contributed by atoms with Gasteiger partial charge in [-0.25, -0.2) is 0 Å². The van der Waals surface area contributed by atoms with E-state index in [1.807, 2.05) is 0 Å². The SMILES string of the molecule is C1=CCCCCCCCC/C=C\CCCC1. The Morgan fingerprint density at radius 3 is 0.938 bits per heavy atom. The zero-order valence-electron chi connectivity index (χ0n) is 10.8. The molecule has 1 aliphatic rings. The molecule has 0 unspecified atom stereocenters. The summed E-state index contributed by atoms with van der Waals surface area (Å²) in [5.74, 6) is 0. The van der Waals surface area contributed by atoms with E-state index in [4.69, 9.17) is 0 Å². The fourth-order valence-corrected chi connectivity index (χ4v) is 2.23. The molecule has 0 N–H and O–H groups in total. The first-order valence-corrected chi connectivity index (χ1v) is 7.30. The number of rotatable bonds is 0. The van der Waals surface area contributed by atoms with Crippen LogP contribution in [-0.4, -0.2) is 0 Å². The second kappa shape index (κ2) is 11.0. The van der Waals surface area contributed by atoms with Gasteiger partial charge in [-0.1, -0.05) is 50.0 Å². The van der Waals surface area contributed by atoms with Gasteiger partial charge in [-0.15, -0.1) is 0 Å². The molecule has 0 saturated heterocycles. The smallest absolute Gasteiger partial charge is 0.0351 e. The van der Waals surface area contributed by atoms with Crippen LogP contribution in [0.5, 0.6) is 0 Å². The van der Waals surface area contributed by atoms with Crippen LogP contribution in [0.15, 0.2) is 24.3 Å². The van der Waals surface area contributed by atoms with E-state index in [-0.39, 0.29) is 0 Å². The summed E-state index contributed by atoms with van der Waals surface area (Å²) in [6.07, 6.45) is 26.0. The maximum absolute atomic E-state index is 2.39. The molecular weight excluding hydrogens is 192 g/mol. The van der Waals surface area contributed by atoms with Gasteiger partial charge >= 0.3 is 0 Å². The predicted molar refractivity (Wildman–Crippen MR) is 73.7 cm³/mol. The molecule has 16 heavy (non-hydrogen) atoms. The lowest BCUT2D eigenvalue weighted by Crippen LogP contribution is -1.80. The molecule has 0 saturated carbocycles. The van der Waals surface area contributed by atoms with Crippen LogP contribution in [0.2, 0.25) is 0 Å². The van der Waals surface area contributed by atoms with Crippen molar-refractivity contribution in [3.63, 3.8) is 0 Å². The summed E-state index contributed by atoms with van der Waals surface area (Å²) >= 11 is 0. The molecule has 0 nitrogen and oxygen atoms in total. The first kappa shape index (κ1) is 13.5. The Balaban J connectivity index is 2.14. The van der Waals surface area contributed by atoms with Gasteiger partial charge in [0.1, 0.15) is 0 Å². The second-order valence-corrected chi connectivity index (χ2v) is 4.93. The zero-order chi connectivity index (χ0) is 11.3. The van der Waals surface area contributed by atoms with E-state index in [0.29, 0.717) is 0 Å². The van der Waals surface area contributed by atoms with Crippen LogP contribution >= 0.6 is 0 Å². The van der Waals surface area contributed by atoms with Gasteiger partial charge in [0.15, 0.2) is 0 Å². The van der Waals surface area contributed by atoms with Crippen molar-refractivity contribution in [2.75, 3.05) is 0 Å². The average molecular weight is 220 g/mol. The quantitative estimate of drug-likeness (QED) is 0.453. The molecule has 0 aromatic rings. The lowest BCUT2D eigenvalue weighted by molar-refractivity contribution is 0.599. The molecule has 1 rings (SSSR count). The van der Waals surface area contributed by atoms with Crippen LogP contribution in [-0.2, 0) is 0 Å². The van der Waals surface area contributed by atoms with E-state index in [9.17, 15) is 0 Å². The molecule has 0 aromatic carbocycles. The van der Waals surface area contributed by atoms with E-state index < -0.39 is 0 Å². The first-order valence-electron chi connectivity index (χ1n) is 7.30. The standard InChI is InChI=1S/C16H28/c1-2-4-6-8-10-12-14-16-15-13-11-9-7-5-3-1/h1-2,11,13H,3-10,12,14-16H2/b2-1-,13-11?. The summed E-state index contributed by atoms with van der Waals surface area (Å²) in [5.41, 5.74) is 0. The van der Waals surface area contributed by atoms with Crippen LogP contribution in [0.1, 0.15) is 77.0 Å². The number of hydrogen-bond acceptors (Lipinski definition) is 0. The van der Waals surface area contributed by atoms with E-state index in [2.05, 4.69) is 24.3 Å². The second-order valence-electron chi connectivity index (χ2n) is 4.93. The van der Waals surface area contributed by atoms with Gasteiger partial charge in [-0.3, -0.25) is 0 Å². The monoisotopic (exact) mass is 220 g/mol. The average Bonchev–Trinajstić information content (AvgIpc) is 2.29. The van der Waals surface area contributed by atoms with Gasteiger partial charge in [0.05, 0.1) is 0 Å². The van der Waals surface area contributed by atoms with Crippen LogP contribution < -0.4 is 0 Å². The van der Waals surface area contributed by atoms with Crippen LogP contribution in [0.25, 0.3) is 0 Å². The molecule has 0 radical (unpaired) electrons. The molecule has 92 valence electrons. The molecule has 0 aliphatic heterocycles. The summed E-state index contributed by atoms with van der Waals surface area (Å²) in [6, 6.07) is 0. The summed E-state index contributed by atoms with van der Waals surface area (Å²) in [6.45, 7) is 0. The Morgan fingerprint density at radius 2 is 0.562 bits per heavy atom. The van der Waals surface area contributed by atoms with Crippen molar-refractivity contribution in [3.05, 3.63) is 24.3 Å². The molecular formula is C16H28. The van der Waals surface area contributed by atoms with Crippen molar-refractivity contribution in [1.82, 2.24) is 0 Å². The van der Waals surface area contributed by atoms with Gasteiger partial charge in [0, 0.05) is 0 Å². The highest BCUT2D eigenvalue weighted by Gasteiger charge is 1.91. The van der Waals surface area contributed by atoms with Crippen molar-refractivity contribution in [1.29, 1.82) is 0 Å². The Morgan fingerprint density at radius 1 is 0.312 bits per heavy atom. The van der Waals surface area contributed by atoms with Crippen molar-refractivity contribution < 1.29 is 0 Å². The minimum Gasteiger partial charge on any atom is -0.0885 e. The normalized spacial score (nSPS) is 24.0. The Labute approximate surface area is 102 Å². The molecule has 0 heteroatoms. The topological polar surface area (TPSA) is 0 Å². The van der Waals surface area contributed by atoms with E-state index >= 15 is 0 Å². The van der Waals surface area contributed by atoms with Crippen molar-refractivity contribution in [2.45, 2.75) is 77.0 Å². The third kappa shape index (κ3) is 8.76. The molecule has 0 aromatic heterocycles. The molecule has 0 bridgehead atoms. The van der Waals surface area contributed by atoms with Gasteiger partial charge in [0.2, 0.25) is 0 Å². The molecule has 0 amide bonds. The lowest BCUT2D eigenvalue weighted by atomic mass is 10.1. The maximum Gasteiger partial charge on any atom is -0.0351 e. The van der Waals surface area contributed by atoms with Gasteiger partial charge in [0.25, 0.3) is 0 Å². The minimum atomic E-state index is 1.29. The highest BCUT2D eigenvalue weighted by atomic mass is 14.0. The maximum atomic E-state index is 2.39. The first-order chi connectivity index (χ1) is 8.00. The van der Waals surface area contributed by atoms with Crippen LogP contribution in [0.3, 0.4) is 0 Å². The fourth-order valence-electron chi connectivity index (χ4n) is 2.23. The lowest BCUT2D eigenvalue weighted by Gasteiger charge is -2.00. The third-order valence-electron chi connectivity index (χ3n) is 3.32. The highest BCUT2D eigenvalue weighted by molar-refractivity contribution is 4.84.